The first-order valence-electron chi connectivity index (χ1n) is 4.61. The van der Waals surface area contributed by atoms with Crippen molar-refractivity contribution in [3.63, 3.8) is 0 Å². The molecule has 2 bridgehead atoms. The molecule has 2 N–H and O–H groups in total. The van der Waals surface area contributed by atoms with Crippen LogP contribution in [0, 0.1) is 11.3 Å². The van der Waals surface area contributed by atoms with E-state index in [4.69, 9.17) is 10.5 Å². The summed E-state index contributed by atoms with van der Waals surface area (Å²) in [5.74, 6) is 0.573. The van der Waals surface area contributed by atoms with E-state index in [2.05, 4.69) is 0 Å². The average Bonchev–Trinajstić information content (AvgIpc) is 2.40. The van der Waals surface area contributed by atoms with Crippen LogP contribution in [0.15, 0.2) is 0 Å². The lowest BCUT2D eigenvalue weighted by Crippen LogP contribution is -2.38. The summed E-state index contributed by atoms with van der Waals surface area (Å²) in [5.41, 5.74) is 5.66. The lowest BCUT2D eigenvalue weighted by Gasteiger charge is -2.35. The van der Waals surface area contributed by atoms with E-state index >= 15 is 0 Å². The third-order valence-electron chi connectivity index (χ3n) is 3.25. The normalized spacial score (nSPS) is 43.8. The molecule has 3 saturated carbocycles. The Morgan fingerprint density at radius 3 is 2.67 bits per heavy atom. The van der Waals surface area contributed by atoms with Crippen LogP contribution in [0.2, 0.25) is 0 Å². The highest BCUT2D eigenvalue weighted by Gasteiger charge is 2.60. The van der Waals surface area contributed by atoms with Crippen molar-refractivity contribution in [2.24, 2.45) is 17.1 Å². The van der Waals surface area contributed by atoms with Crippen molar-refractivity contribution < 1.29 is 9.53 Å². The predicted molar refractivity (Wildman–Crippen MR) is 44.4 cm³/mol. The number of rotatable bonds is 2. The maximum absolute atomic E-state index is 11.5. The van der Waals surface area contributed by atoms with Crippen molar-refractivity contribution in [2.75, 3.05) is 6.61 Å². The zero-order chi connectivity index (χ0) is 8.77. The van der Waals surface area contributed by atoms with E-state index in [1.54, 1.807) is 0 Å². The van der Waals surface area contributed by atoms with Gasteiger partial charge in [-0.3, -0.25) is 4.79 Å². The molecule has 0 aromatic carbocycles. The van der Waals surface area contributed by atoms with Crippen molar-refractivity contribution >= 4 is 5.97 Å². The predicted octanol–water partition coefficient (Wildman–Crippen LogP) is 0.677. The maximum atomic E-state index is 11.5. The molecule has 3 heteroatoms. The fourth-order valence-electron chi connectivity index (χ4n) is 2.57. The SMILES string of the molecule is CCOC(=O)C12CC(N)C(C1)C2. The molecule has 0 amide bonds. The Kier molecular flexibility index (Phi) is 1.65. The third-order valence-corrected chi connectivity index (χ3v) is 3.25. The first-order valence-corrected chi connectivity index (χ1v) is 4.61. The number of nitrogens with two attached hydrogens (primary N) is 1. The van der Waals surface area contributed by atoms with Crippen molar-refractivity contribution in [1.29, 1.82) is 0 Å². The zero-order valence-electron chi connectivity index (χ0n) is 7.38. The van der Waals surface area contributed by atoms with Gasteiger partial charge in [-0.15, -0.1) is 0 Å². The van der Waals surface area contributed by atoms with E-state index in [0.29, 0.717) is 12.5 Å². The smallest absolute Gasteiger partial charge is 0.312 e. The Labute approximate surface area is 72.3 Å². The van der Waals surface area contributed by atoms with Gasteiger partial charge in [0, 0.05) is 6.04 Å². The van der Waals surface area contributed by atoms with Crippen LogP contribution in [0.5, 0.6) is 0 Å². The second-order valence-electron chi connectivity index (χ2n) is 4.04. The van der Waals surface area contributed by atoms with E-state index < -0.39 is 0 Å². The van der Waals surface area contributed by atoms with Gasteiger partial charge in [0.15, 0.2) is 0 Å². The molecule has 0 saturated heterocycles. The molecule has 1 unspecified atom stereocenters. The standard InChI is InChI=1S/C9H15NO2/c1-2-12-8(11)9-3-6(4-9)7(10)5-9/h6-7H,2-5,10H2,1H3. The summed E-state index contributed by atoms with van der Waals surface area (Å²) in [5, 5.41) is 0. The van der Waals surface area contributed by atoms with Gasteiger partial charge in [-0.1, -0.05) is 0 Å². The van der Waals surface area contributed by atoms with Crippen LogP contribution in [0.1, 0.15) is 26.2 Å². The van der Waals surface area contributed by atoms with Gasteiger partial charge in [-0.05, 0) is 32.1 Å². The van der Waals surface area contributed by atoms with Crippen molar-refractivity contribution in [1.82, 2.24) is 0 Å². The Hall–Kier alpha value is -0.570. The number of esters is 1. The largest absolute Gasteiger partial charge is 0.466 e. The second-order valence-corrected chi connectivity index (χ2v) is 4.04. The van der Waals surface area contributed by atoms with Gasteiger partial charge in [0.05, 0.1) is 12.0 Å². The van der Waals surface area contributed by atoms with E-state index in [1.807, 2.05) is 6.92 Å². The summed E-state index contributed by atoms with van der Waals surface area (Å²) in [4.78, 5) is 11.5. The average molecular weight is 169 g/mol. The molecule has 0 spiro atoms. The Bertz CT molecular complexity index is 209. The van der Waals surface area contributed by atoms with Crippen molar-refractivity contribution in [2.45, 2.75) is 32.2 Å². The number of hydrogen-bond donors (Lipinski definition) is 1. The number of carbonyl (C=O) groups is 1. The zero-order valence-corrected chi connectivity index (χ0v) is 7.38. The van der Waals surface area contributed by atoms with Crippen LogP contribution in [-0.4, -0.2) is 18.6 Å². The molecule has 0 aromatic heterocycles. The monoisotopic (exact) mass is 169 g/mol. The molecule has 0 aromatic rings. The molecule has 12 heavy (non-hydrogen) atoms. The Balaban J connectivity index is 2.01. The van der Waals surface area contributed by atoms with Crippen LogP contribution in [0.25, 0.3) is 0 Å². The highest BCUT2D eigenvalue weighted by atomic mass is 16.5. The molecule has 0 aliphatic heterocycles. The van der Waals surface area contributed by atoms with E-state index in [-0.39, 0.29) is 17.4 Å². The molecule has 3 rings (SSSR count). The minimum atomic E-state index is -0.167. The van der Waals surface area contributed by atoms with E-state index in [1.165, 1.54) is 0 Å². The molecule has 0 radical (unpaired) electrons. The van der Waals surface area contributed by atoms with Crippen molar-refractivity contribution in [3.8, 4) is 0 Å². The molecule has 1 atom stereocenters. The van der Waals surface area contributed by atoms with E-state index in [0.717, 1.165) is 19.3 Å². The summed E-state index contributed by atoms with van der Waals surface area (Å²) in [7, 11) is 0. The van der Waals surface area contributed by atoms with Crippen LogP contribution in [-0.2, 0) is 9.53 Å². The van der Waals surface area contributed by atoms with Crippen LogP contribution in [0.4, 0.5) is 0 Å². The molecule has 68 valence electrons. The molecular formula is C9H15NO2. The molecule has 3 fully saturated rings. The van der Waals surface area contributed by atoms with Gasteiger partial charge < -0.3 is 10.5 Å². The molecule has 3 aliphatic carbocycles. The van der Waals surface area contributed by atoms with Crippen LogP contribution < -0.4 is 5.73 Å². The highest BCUT2D eigenvalue weighted by Crippen LogP contribution is 2.58. The maximum Gasteiger partial charge on any atom is 0.312 e. The van der Waals surface area contributed by atoms with Crippen molar-refractivity contribution in [3.05, 3.63) is 0 Å². The fraction of sp³-hybridized carbons (Fsp3) is 0.889. The molecule has 3 aliphatic rings. The Morgan fingerprint density at radius 1 is 1.58 bits per heavy atom. The summed E-state index contributed by atoms with van der Waals surface area (Å²) >= 11 is 0. The summed E-state index contributed by atoms with van der Waals surface area (Å²) in [6.07, 6.45) is 2.77. The van der Waals surface area contributed by atoms with Crippen LogP contribution in [0.3, 0.4) is 0 Å². The summed E-state index contributed by atoms with van der Waals surface area (Å²) in [6.45, 7) is 2.33. The first-order chi connectivity index (χ1) is 5.68. The van der Waals surface area contributed by atoms with E-state index in [9.17, 15) is 4.79 Å². The second kappa shape index (κ2) is 2.46. The minimum Gasteiger partial charge on any atom is -0.466 e. The minimum absolute atomic E-state index is 0.0193. The van der Waals surface area contributed by atoms with Gasteiger partial charge in [-0.2, -0.15) is 0 Å². The lowest BCUT2D eigenvalue weighted by atomic mass is 9.69. The number of hydrogen-bond acceptors (Lipinski definition) is 3. The quantitative estimate of drug-likeness (QED) is 0.618. The van der Waals surface area contributed by atoms with Crippen LogP contribution >= 0.6 is 0 Å². The number of fused-ring (bicyclic) bond motifs is 1. The molecule has 0 heterocycles. The van der Waals surface area contributed by atoms with Gasteiger partial charge in [0.25, 0.3) is 0 Å². The van der Waals surface area contributed by atoms with Gasteiger partial charge >= 0.3 is 5.97 Å². The van der Waals surface area contributed by atoms with Gasteiger partial charge in [0.2, 0.25) is 0 Å². The summed E-state index contributed by atoms with van der Waals surface area (Å²) in [6, 6.07) is 0.245. The van der Waals surface area contributed by atoms with Gasteiger partial charge in [0.1, 0.15) is 0 Å². The fourth-order valence-corrected chi connectivity index (χ4v) is 2.57. The molecular weight excluding hydrogens is 154 g/mol. The number of ether oxygens (including phenoxy) is 1. The first kappa shape index (κ1) is 8.05. The molecule has 3 nitrogen and oxygen atoms in total. The lowest BCUT2D eigenvalue weighted by molar-refractivity contribution is -0.159. The topological polar surface area (TPSA) is 52.3 Å². The Morgan fingerprint density at radius 2 is 2.25 bits per heavy atom. The summed E-state index contributed by atoms with van der Waals surface area (Å²) < 4.78 is 5.02. The number of carbonyl (C=O) groups excluding carboxylic acids is 1. The highest BCUT2D eigenvalue weighted by molar-refractivity contribution is 5.79. The third kappa shape index (κ3) is 0.891. The van der Waals surface area contributed by atoms with Gasteiger partial charge in [-0.25, -0.2) is 0 Å².